The minimum atomic E-state index is -3.95. The van der Waals surface area contributed by atoms with Gasteiger partial charge in [-0.25, -0.2) is 0 Å². The van der Waals surface area contributed by atoms with Crippen molar-refractivity contribution >= 4 is 34.4 Å². The lowest BCUT2D eigenvalue weighted by molar-refractivity contribution is 0.102. The number of aryl methyl sites for hydroxylation is 9. The van der Waals surface area contributed by atoms with Gasteiger partial charge in [0.1, 0.15) is 0 Å². The van der Waals surface area contributed by atoms with Crippen LogP contribution in [0.2, 0.25) is 0 Å². The van der Waals surface area contributed by atoms with Gasteiger partial charge in [0.25, 0.3) is 0 Å². The molecular weight excluding hydrogens is 471 g/mol. The standard InChI is InChI=1S/C30H33O3PS/c1-16-10-19(4)25(20(5)11-16)28(31)34(35,29(32)26-21(6)12-17(2)13-22(26)7)30(33)27-23(8)14-18(3)15-24(27)9/h10-15H,1-9H3. The fourth-order valence-corrected chi connectivity index (χ4v) is 8.68. The molecule has 0 heterocycles. The predicted octanol–water partition coefficient (Wildman–Crippen LogP) is 7.76. The van der Waals surface area contributed by atoms with E-state index in [0.717, 1.165) is 50.1 Å². The zero-order valence-electron chi connectivity index (χ0n) is 22.0. The van der Waals surface area contributed by atoms with Crippen molar-refractivity contribution in [3.05, 3.63) is 103 Å². The summed E-state index contributed by atoms with van der Waals surface area (Å²) in [5.41, 5.74) is 7.07. The molecule has 0 aliphatic carbocycles. The largest absolute Gasteiger partial charge is 0.287 e. The molecule has 0 amide bonds. The lowest BCUT2D eigenvalue weighted by Crippen LogP contribution is -2.22. The Labute approximate surface area is 214 Å². The molecule has 5 heteroatoms. The SMILES string of the molecule is Cc1cc(C)c(C(=O)P(=S)(C(=O)c2c(C)cc(C)cc2C)C(=O)c2c(C)cc(C)cc2C)c(C)c1. The molecule has 0 saturated heterocycles. The number of hydrogen-bond donors (Lipinski definition) is 0. The molecule has 0 fully saturated rings. The molecule has 0 aromatic heterocycles. The van der Waals surface area contributed by atoms with Crippen LogP contribution in [-0.4, -0.2) is 16.6 Å². The monoisotopic (exact) mass is 504 g/mol. The lowest BCUT2D eigenvalue weighted by Gasteiger charge is -2.24. The highest BCUT2D eigenvalue weighted by atomic mass is 32.4. The maximum atomic E-state index is 14.3. The Morgan fingerprint density at radius 3 is 0.800 bits per heavy atom. The first-order valence-electron chi connectivity index (χ1n) is 11.7. The molecule has 0 aliphatic heterocycles. The smallest absolute Gasteiger partial charge is 0.209 e. The van der Waals surface area contributed by atoms with Gasteiger partial charge in [-0.3, -0.25) is 14.4 Å². The average molecular weight is 505 g/mol. The Morgan fingerprint density at radius 1 is 0.457 bits per heavy atom. The molecule has 3 aromatic rings. The van der Waals surface area contributed by atoms with Crippen molar-refractivity contribution < 1.29 is 14.4 Å². The lowest BCUT2D eigenvalue weighted by atomic mass is 10.0. The van der Waals surface area contributed by atoms with Gasteiger partial charge in [0, 0.05) is 16.7 Å². The molecule has 3 rings (SSSR count). The normalized spacial score (nSPS) is 11.5. The van der Waals surface area contributed by atoms with E-state index in [2.05, 4.69) is 0 Å². The van der Waals surface area contributed by atoms with Crippen LogP contribution in [0.25, 0.3) is 0 Å². The van der Waals surface area contributed by atoms with E-state index in [4.69, 9.17) is 11.8 Å². The van der Waals surface area contributed by atoms with Crippen LogP contribution in [0.1, 0.15) is 81.1 Å². The molecule has 0 saturated carbocycles. The molecule has 0 radical (unpaired) electrons. The van der Waals surface area contributed by atoms with Crippen molar-refractivity contribution in [2.24, 2.45) is 0 Å². The minimum absolute atomic E-state index is 0.394. The topological polar surface area (TPSA) is 51.2 Å². The van der Waals surface area contributed by atoms with E-state index < -0.39 is 22.6 Å². The molecule has 182 valence electrons. The fraction of sp³-hybridized carbons (Fsp3) is 0.300. The van der Waals surface area contributed by atoms with Crippen molar-refractivity contribution in [1.29, 1.82) is 0 Å². The van der Waals surface area contributed by atoms with E-state index in [1.807, 2.05) is 98.7 Å². The zero-order chi connectivity index (χ0) is 26.4. The highest BCUT2D eigenvalue weighted by Crippen LogP contribution is 2.57. The van der Waals surface area contributed by atoms with E-state index in [1.165, 1.54) is 0 Å². The molecule has 0 bridgehead atoms. The first-order valence-corrected chi connectivity index (χ1v) is 14.5. The van der Waals surface area contributed by atoms with Gasteiger partial charge in [-0.1, -0.05) is 64.9 Å². The molecule has 0 atom stereocenters. The predicted molar refractivity (Wildman–Crippen MR) is 149 cm³/mol. The van der Waals surface area contributed by atoms with Crippen LogP contribution in [0.5, 0.6) is 0 Å². The zero-order valence-corrected chi connectivity index (χ0v) is 23.8. The number of rotatable bonds is 6. The summed E-state index contributed by atoms with van der Waals surface area (Å²) in [4.78, 5) is 43.0. The average Bonchev–Trinajstić information content (AvgIpc) is 2.70. The Hall–Kier alpha value is -2.68. The van der Waals surface area contributed by atoms with E-state index in [9.17, 15) is 14.4 Å². The van der Waals surface area contributed by atoms with Crippen LogP contribution in [0.4, 0.5) is 0 Å². The van der Waals surface area contributed by atoms with Crippen molar-refractivity contribution in [3.8, 4) is 0 Å². The molecule has 3 nitrogen and oxygen atoms in total. The third-order valence-electron chi connectivity index (χ3n) is 6.53. The summed E-state index contributed by atoms with van der Waals surface area (Å²) in [5.74, 6) is 0. The third-order valence-corrected chi connectivity index (χ3v) is 10.4. The summed E-state index contributed by atoms with van der Waals surface area (Å²) in [7, 11) is 0. The van der Waals surface area contributed by atoms with Crippen LogP contribution >= 0.6 is 6.04 Å². The summed E-state index contributed by atoms with van der Waals surface area (Å²) in [5, 5.41) is 0. The molecular formula is C30H33O3PS. The van der Waals surface area contributed by atoms with Crippen LogP contribution < -0.4 is 0 Å². The van der Waals surface area contributed by atoms with Gasteiger partial charge in [-0.15, -0.1) is 0 Å². The van der Waals surface area contributed by atoms with E-state index >= 15 is 0 Å². The summed E-state index contributed by atoms with van der Waals surface area (Å²) >= 11 is 6.03. The Balaban J connectivity index is 2.39. The first-order chi connectivity index (χ1) is 16.2. The Morgan fingerprint density at radius 2 is 0.629 bits per heavy atom. The van der Waals surface area contributed by atoms with Gasteiger partial charge >= 0.3 is 0 Å². The molecule has 0 N–H and O–H groups in total. The van der Waals surface area contributed by atoms with Gasteiger partial charge in [-0.05, 0) is 95.7 Å². The Bertz CT molecular complexity index is 1220. The third kappa shape index (κ3) is 4.75. The van der Waals surface area contributed by atoms with Gasteiger partial charge in [-0.2, -0.15) is 0 Å². The van der Waals surface area contributed by atoms with Crippen molar-refractivity contribution in [1.82, 2.24) is 0 Å². The summed E-state index contributed by atoms with van der Waals surface area (Å²) in [6.45, 7) is 16.9. The fourth-order valence-electron chi connectivity index (χ4n) is 5.30. The Kier molecular flexibility index (Phi) is 7.50. The maximum absolute atomic E-state index is 14.3. The van der Waals surface area contributed by atoms with Crippen LogP contribution in [-0.2, 0) is 11.8 Å². The number of carbonyl (C=O) groups is 3. The van der Waals surface area contributed by atoms with E-state index in [1.54, 1.807) is 0 Å². The van der Waals surface area contributed by atoms with Crippen LogP contribution in [0.15, 0.2) is 36.4 Å². The summed E-state index contributed by atoms with van der Waals surface area (Å²) in [6, 6.07) is 7.47. The van der Waals surface area contributed by atoms with E-state index in [-0.39, 0.29) is 0 Å². The summed E-state index contributed by atoms with van der Waals surface area (Å²) < 4.78 is 0. The van der Waals surface area contributed by atoms with Crippen molar-refractivity contribution in [2.75, 3.05) is 0 Å². The second kappa shape index (κ2) is 9.76. The van der Waals surface area contributed by atoms with Gasteiger partial charge < -0.3 is 0 Å². The highest BCUT2D eigenvalue weighted by molar-refractivity contribution is 8.38. The first kappa shape index (κ1) is 26.9. The molecule has 0 spiro atoms. The number of hydrogen-bond acceptors (Lipinski definition) is 4. The van der Waals surface area contributed by atoms with Gasteiger partial charge in [0.15, 0.2) is 6.04 Å². The molecule has 35 heavy (non-hydrogen) atoms. The quantitative estimate of drug-likeness (QED) is 0.322. The van der Waals surface area contributed by atoms with Gasteiger partial charge in [0.2, 0.25) is 16.6 Å². The molecule has 0 unspecified atom stereocenters. The number of benzene rings is 3. The van der Waals surface area contributed by atoms with Crippen molar-refractivity contribution in [3.63, 3.8) is 0 Å². The van der Waals surface area contributed by atoms with Gasteiger partial charge in [0.05, 0.1) is 0 Å². The second-order valence-electron chi connectivity index (χ2n) is 9.85. The van der Waals surface area contributed by atoms with Crippen LogP contribution in [0.3, 0.4) is 0 Å². The maximum Gasteiger partial charge on any atom is 0.209 e. The van der Waals surface area contributed by atoms with E-state index in [0.29, 0.717) is 16.7 Å². The second-order valence-corrected chi connectivity index (χ2v) is 13.9. The van der Waals surface area contributed by atoms with Crippen LogP contribution in [0, 0.1) is 62.3 Å². The molecule has 0 aliphatic rings. The molecule has 3 aromatic carbocycles. The number of carbonyl (C=O) groups excluding carboxylic acids is 3. The minimum Gasteiger partial charge on any atom is -0.287 e. The highest BCUT2D eigenvalue weighted by Gasteiger charge is 2.46. The summed E-state index contributed by atoms with van der Waals surface area (Å²) in [6.07, 6.45) is 0. The van der Waals surface area contributed by atoms with Crippen molar-refractivity contribution in [2.45, 2.75) is 62.3 Å².